The van der Waals surface area contributed by atoms with E-state index < -0.39 is 0 Å². The maximum Gasteiger partial charge on any atom is 0.205 e. The van der Waals surface area contributed by atoms with Crippen molar-refractivity contribution >= 4 is 44.5 Å². The highest BCUT2D eigenvalue weighted by molar-refractivity contribution is 7.21. The van der Waals surface area contributed by atoms with Crippen LogP contribution in [0.4, 0.5) is 17.2 Å². The van der Waals surface area contributed by atoms with Crippen molar-refractivity contribution in [2.75, 3.05) is 17.2 Å². The molecule has 100 valence electrons. The first kappa shape index (κ1) is 12.4. The molecule has 0 amide bonds. The molecule has 0 saturated heterocycles. The number of rotatable bonds is 2. The van der Waals surface area contributed by atoms with E-state index in [1.807, 2.05) is 6.07 Å². The lowest BCUT2D eigenvalue weighted by Crippen LogP contribution is -2.02. The van der Waals surface area contributed by atoms with E-state index in [0.29, 0.717) is 37.8 Å². The molecule has 1 aromatic carbocycles. The van der Waals surface area contributed by atoms with Crippen LogP contribution in [0.25, 0.3) is 10.2 Å². The first-order chi connectivity index (χ1) is 9.58. The van der Waals surface area contributed by atoms with Gasteiger partial charge in [-0.1, -0.05) is 30.3 Å². The highest BCUT2D eigenvalue weighted by Crippen LogP contribution is 2.38. The molecule has 6 N–H and O–H groups in total. The second kappa shape index (κ2) is 4.50. The van der Waals surface area contributed by atoms with Gasteiger partial charge in [0, 0.05) is 17.3 Å². The van der Waals surface area contributed by atoms with Gasteiger partial charge in [0.1, 0.15) is 15.5 Å². The van der Waals surface area contributed by atoms with Crippen molar-refractivity contribution in [3.05, 3.63) is 46.8 Å². The average Bonchev–Trinajstić information content (AvgIpc) is 2.76. The molecule has 0 aliphatic carbocycles. The molecule has 0 atom stereocenters. The first-order valence-corrected chi connectivity index (χ1v) is 6.73. The lowest BCUT2D eigenvalue weighted by atomic mass is 10.1. The van der Waals surface area contributed by atoms with Gasteiger partial charge in [-0.3, -0.25) is 4.79 Å². The van der Waals surface area contributed by atoms with Gasteiger partial charge in [0.2, 0.25) is 5.78 Å². The minimum Gasteiger partial charge on any atom is -0.398 e. The van der Waals surface area contributed by atoms with Gasteiger partial charge in [0.25, 0.3) is 0 Å². The quantitative estimate of drug-likeness (QED) is 0.626. The Morgan fingerprint density at radius 2 is 1.80 bits per heavy atom. The van der Waals surface area contributed by atoms with Crippen molar-refractivity contribution in [1.82, 2.24) is 4.98 Å². The summed E-state index contributed by atoms with van der Waals surface area (Å²) in [6, 6.07) is 10.5. The van der Waals surface area contributed by atoms with Crippen LogP contribution in [0.5, 0.6) is 0 Å². The molecule has 3 rings (SSSR count). The monoisotopic (exact) mass is 284 g/mol. The van der Waals surface area contributed by atoms with Gasteiger partial charge in [-0.2, -0.15) is 0 Å². The van der Waals surface area contributed by atoms with Gasteiger partial charge in [0.15, 0.2) is 0 Å². The van der Waals surface area contributed by atoms with Crippen molar-refractivity contribution in [2.24, 2.45) is 0 Å². The van der Waals surface area contributed by atoms with Crippen LogP contribution in [0.1, 0.15) is 15.2 Å². The molecule has 2 aromatic heterocycles. The van der Waals surface area contributed by atoms with E-state index in [9.17, 15) is 4.79 Å². The topological polar surface area (TPSA) is 108 Å². The number of hydrogen-bond acceptors (Lipinski definition) is 6. The second-order valence-electron chi connectivity index (χ2n) is 4.36. The van der Waals surface area contributed by atoms with E-state index in [4.69, 9.17) is 17.2 Å². The number of thiophene rings is 1. The Labute approximate surface area is 119 Å². The van der Waals surface area contributed by atoms with E-state index in [1.54, 1.807) is 30.3 Å². The minimum absolute atomic E-state index is 0.135. The van der Waals surface area contributed by atoms with Crippen LogP contribution >= 0.6 is 11.3 Å². The SMILES string of the molecule is Nc1cc(N)c2c(N)c(C(=O)c3ccccc3)sc2n1. The fourth-order valence-corrected chi connectivity index (χ4v) is 3.16. The predicted octanol–water partition coefficient (Wildman–Crippen LogP) is 2.27. The predicted molar refractivity (Wildman–Crippen MR) is 82.7 cm³/mol. The summed E-state index contributed by atoms with van der Waals surface area (Å²) in [5.41, 5.74) is 19.0. The number of anilines is 3. The molecule has 3 aromatic rings. The zero-order chi connectivity index (χ0) is 14.3. The number of nitrogen functional groups attached to an aromatic ring is 3. The molecule has 0 bridgehead atoms. The number of pyridine rings is 1. The Morgan fingerprint density at radius 1 is 1.10 bits per heavy atom. The summed E-state index contributed by atoms with van der Waals surface area (Å²) in [4.78, 5) is 17.7. The number of hydrogen-bond donors (Lipinski definition) is 3. The van der Waals surface area contributed by atoms with E-state index in [1.165, 1.54) is 11.3 Å². The van der Waals surface area contributed by atoms with Gasteiger partial charge < -0.3 is 17.2 Å². The third-order valence-corrected chi connectivity index (χ3v) is 4.09. The molecule has 5 nitrogen and oxygen atoms in total. The molecule has 20 heavy (non-hydrogen) atoms. The summed E-state index contributed by atoms with van der Waals surface area (Å²) < 4.78 is 0. The van der Waals surface area contributed by atoms with Gasteiger partial charge in [-0.05, 0) is 0 Å². The van der Waals surface area contributed by atoms with E-state index >= 15 is 0 Å². The van der Waals surface area contributed by atoms with Crippen LogP contribution in [0.15, 0.2) is 36.4 Å². The van der Waals surface area contributed by atoms with Gasteiger partial charge >= 0.3 is 0 Å². The maximum absolute atomic E-state index is 12.5. The smallest absolute Gasteiger partial charge is 0.205 e. The largest absolute Gasteiger partial charge is 0.398 e. The summed E-state index contributed by atoms with van der Waals surface area (Å²) in [6.45, 7) is 0. The van der Waals surface area contributed by atoms with E-state index in [2.05, 4.69) is 4.98 Å². The summed E-state index contributed by atoms with van der Waals surface area (Å²) in [5.74, 6) is 0.180. The Hall–Kier alpha value is -2.60. The zero-order valence-electron chi connectivity index (χ0n) is 10.5. The number of ketones is 1. The first-order valence-electron chi connectivity index (χ1n) is 5.91. The van der Waals surface area contributed by atoms with Crippen LogP contribution < -0.4 is 17.2 Å². The van der Waals surface area contributed by atoms with Gasteiger partial charge in [-0.25, -0.2) is 4.98 Å². The number of fused-ring (bicyclic) bond motifs is 1. The van der Waals surface area contributed by atoms with E-state index in [-0.39, 0.29) is 5.78 Å². The van der Waals surface area contributed by atoms with Gasteiger partial charge in [0.05, 0.1) is 11.1 Å². The highest BCUT2D eigenvalue weighted by atomic mass is 32.1. The number of carbonyl (C=O) groups is 1. The Morgan fingerprint density at radius 3 is 2.50 bits per heavy atom. The summed E-state index contributed by atoms with van der Waals surface area (Å²) in [5, 5.41) is 0.600. The third kappa shape index (κ3) is 1.86. The van der Waals surface area contributed by atoms with Crippen LogP contribution in [0.2, 0.25) is 0 Å². The molecule has 0 saturated carbocycles. The lowest BCUT2D eigenvalue weighted by molar-refractivity contribution is 0.104. The normalized spacial score (nSPS) is 10.8. The van der Waals surface area contributed by atoms with Crippen molar-refractivity contribution in [3.63, 3.8) is 0 Å². The molecule has 6 heteroatoms. The molecule has 0 aliphatic rings. The fourth-order valence-electron chi connectivity index (χ4n) is 2.06. The van der Waals surface area contributed by atoms with E-state index in [0.717, 1.165) is 0 Å². The molecule has 0 aliphatic heterocycles. The number of nitrogens with zero attached hydrogens (tertiary/aromatic N) is 1. The molecule has 2 heterocycles. The molecular weight excluding hydrogens is 272 g/mol. The van der Waals surface area contributed by atoms with Crippen molar-refractivity contribution in [1.29, 1.82) is 0 Å². The zero-order valence-corrected chi connectivity index (χ0v) is 11.3. The van der Waals surface area contributed by atoms with Gasteiger partial charge in [-0.15, -0.1) is 11.3 Å². The van der Waals surface area contributed by atoms with Crippen LogP contribution in [0, 0.1) is 0 Å². The highest BCUT2D eigenvalue weighted by Gasteiger charge is 2.20. The molecule has 0 fully saturated rings. The van der Waals surface area contributed by atoms with Crippen molar-refractivity contribution in [2.45, 2.75) is 0 Å². The fraction of sp³-hybridized carbons (Fsp3) is 0. The maximum atomic E-state index is 12.5. The summed E-state index contributed by atoms with van der Waals surface area (Å²) in [6.07, 6.45) is 0. The number of aromatic nitrogens is 1. The lowest BCUT2D eigenvalue weighted by Gasteiger charge is -2.00. The van der Waals surface area contributed by atoms with Crippen LogP contribution in [-0.4, -0.2) is 10.8 Å². The van der Waals surface area contributed by atoms with Crippen molar-refractivity contribution in [3.8, 4) is 0 Å². The van der Waals surface area contributed by atoms with Crippen molar-refractivity contribution < 1.29 is 4.79 Å². The standard InChI is InChI=1S/C14H12N4OS/c15-8-6-9(16)18-14-10(8)11(17)13(20-14)12(19)7-4-2-1-3-5-7/h1-6H,17H2,(H4,15,16,18). The summed E-state index contributed by atoms with van der Waals surface area (Å²) >= 11 is 1.21. The Bertz CT molecular complexity index is 811. The molecule has 0 unspecified atom stereocenters. The van der Waals surface area contributed by atoms with Crippen LogP contribution in [-0.2, 0) is 0 Å². The molecular formula is C14H12N4OS. The second-order valence-corrected chi connectivity index (χ2v) is 5.36. The third-order valence-electron chi connectivity index (χ3n) is 2.99. The number of nitrogens with two attached hydrogens (primary N) is 3. The average molecular weight is 284 g/mol. The Balaban J connectivity index is 2.21. The Kier molecular flexibility index (Phi) is 2.80. The number of carbonyl (C=O) groups excluding carboxylic acids is 1. The number of benzene rings is 1. The van der Waals surface area contributed by atoms with Crippen LogP contribution in [0.3, 0.4) is 0 Å². The minimum atomic E-state index is -0.135. The molecule has 0 spiro atoms. The molecule has 0 radical (unpaired) electrons. The summed E-state index contributed by atoms with van der Waals surface area (Å²) in [7, 11) is 0.